The molecule has 1 heterocycles. The number of ether oxygens (including phenoxy) is 1. The third-order valence-electron chi connectivity index (χ3n) is 2.21. The molecule has 0 unspecified atom stereocenters. The van der Waals surface area contributed by atoms with Crippen molar-refractivity contribution in [2.45, 2.75) is 6.42 Å². The number of hydrogen-bond donors (Lipinski definition) is 0. The second kappa shape index (κ2) is 4.55. The van der Waals surface area contributed by atoms with Crippen LogP contribution < -0.4 is 0 Å². The summed E-state index contributed by atoms with van der Waals surface area (Å²) in [6, 6.07) is 6.04. The van der Waals surface area contributed by atoms with E-state index in [1.807, 2.05) is 12.1 Å². The second-order valence-electron chi connectivity index (χ2n) is 3.28. The minimum atomic E-state index is 0.284. The molecule has 1 aromatic carbocycles. The summed E-state index contributed by atoms with van der Waals surface area (Å²) in [6.45, 7) is 0.722. The predicted molar refractivity (Wildman–Crippen MR) is 60.1 cm³/mol. The number of fused-ring (bicyclic) bond motifs is 1. The van der Waals surface area contributed by atoms with Crippen molar-refractivity contribution in [2.24, 2.45) is 0 Å². The predicted octanol–water partition coefficient (Wildman–Crippen LogP) is 2.47. The number of halogens is 1. The summed E-state index contributed by atoms with van der Waals surface area (Å²) >= 11 is 5.70. The molecule has 1 aromatic heterocycles. The van der Waals surface area contributed by atoms with Gasteiger partial charge in [0, 0.05) is 18.7 Å². The van der Waals surface area contributed by atoms with Crippen LogP contribution >= 0.6 is 11.6 Å². The Morgan fingerprint density at radius 3 is 3.07 bits per heavy atom. The Hall–Kier alpha value is -1.19. The maximum atomic E-state index is 5.70. The largest absolute Gasteiger partial charge is 0.384 e. The van der Waals surface area contributed by atoms with E-state index in [0.29, 0.717) is 0 Å². The van der Waals surface area contributed by atoms with Gasteiger partial charge in [-0.1, -0.05) is 6.07 Å². The third kappa shape index (κ3) is 2.43. The van der Waals surface area contributed by atoms with Crippen molar-refractivity contribution in [3.05, 3.63) is 35.2 Å². The lowest BCUT2D eigenvalue weighted by Gasteiger charge is -2.02. The smallest absolute Gasteiger partial charge is 0.222 e. The molecule has 2 rings (SSSR count). The zero-order valence-corrected chi connectivity index (χ0v) is 9.16. The molecule has 0 aliphatic carbocycles. The van der Waals surface area contributed by atoms with Gasteiger partial charge in [-0.05, 0) is 35.7 Å². The molecule has 0 amide bonds. The van der Waals surface area contributed by atoms with Crippen LogP contribution in [-0.2, 0) is 11.2 Å². The Labute approximate surface area is 93.1 Å². The van der Waals surface area contributed by atoms with Crippen LogP contribution in [0, 0.1) is 0 Å². The molecule has 0 aliphatic heterocycles. The van der Waals surface area contributed by atoms with Crippen LogP contribution in [0.15, 0.2) is 24.4 Å². The lowest BCUT2D eigenvalue weighted by molar-refractivity contribution is 0.202. The van der Waals surface area contributed by atoms with Crippen LogP contribution in [0.3, 0.4) is 0 Å². The Balaban J connectivity index is 2.34. The van der Waals surface area contributed by atoms with Crippen molar-refractivity contribution < 1.29 is 4.74 Å². The van der Waals surface area contributed by atoms with E-state index in [1.165, 1.54) is 5.56 Å². The average molecular weight is 223 g/mol. The fourth-order valence-electron chi connectivity index (χ4n) is 1.44. The van der Waals surface area contributed by atoms with Gasteiger partial charge in [-0.15, -0.1) is 0 Å². The highest BCUT2D eigenvalue weighted by molar-refractivity contribution is 6.28. The van der Waals surface area contributed by atoms with Crippen molar-refractivity contribution in [3.8, 4) is 0 Å². The van der Waals surface area contributed by atoms with Crippen LogP contribution in [-0.4, -0.2) is 23.7 Å². The third-order valence-corrected chi connectivity index (χ3v) is 2.39. The molecular formula is C11H11ClN2O. The summed E-state index contributed by atoms with van der Waals surface area (Å²) in [4.78, 5) is 8.07. The molecule has 0 atom stereocenters. The maximum Gasteiger partial charge on any atom is 0.222 e. The zero-order chi connectivity index (χ0) is 10.7. The van der Waals surface area contributed by atoms with E-state index in [-0.39, 0.29) is 5.28 Å². The van der Waals surface area contributed by atoms with Crippen molar-refractivity contribution in [3.63, 3.8) is 0 Å². The van der Waals surface area contributed by atoms with Crippen molar-refractivity contribution in [1.29, 1.82) is 0 Å². The molecule has 0 radical (unpaired) electrons. The molecule has 0 bridgehead atoms. The second-order valence-corrected chi connectivity index (χ2v) is 3.61. The van der Waals surface area contributed by atoms with Gasteiger partial charge in [0.25, 0.3) is 0 Å². The van der Waals surface area contributed by atoms with Crippen LogP contribution in [0.4, 0.5) is 0 Å². The van der Waals surface area contributed by atoms with Gasteiger partial charge in [0.05, 0.1) is 12.1 Å². The van der Waals surface area contributed by atoms with Crippen LogP contribution in [0.25, 0.3) is 10.9 Å². The first-order valence-electron chi connectivity index (χ1n) is 4.70. The van der Waals surface area contributed by atoms with E-state index in [9.17, 15) is 0 Å². The van der Waals surface area contributed by atoms with Crippen molar-refractivity contribution in [1.82, 2.24) is 9.97 Å². The number of rotatable bonds is 3. The SMILES string of the molecule is COCCc1ccc2nc(Cl)ncc2c1. The van der Waals surface area contributed by atoms with E-state index >= 15 is 0 Å². The van der Waals surface area contributed by atoms with E-state index < -0.39 is 0 Å². The molecule has 2 aromatic rings. The normalized spacial score (nSPS) is 10.8. The van der Waals surface area contributed by atoms with Crippen LogP contribution in [0.1, 0.15) is 5.56 Å². The Morgan fingerprint density at radius 1 is 1.40 bits per heavy atom. The highest BCUT2D eigenvalue weighted by Crippen LogP contribution is 2.15. The van der Waals surface area contributed by atoms with E-state index in [1.54, 1.807) is 13.3 Å². The summed E-state index contributed by atoms with van der Waals surface area (Å²) < 4.78 is 5.02. The Bertz CT molecular complexity index is 473. The van der Waals surface area contributed by atoms with Crippen molar-refractivity contribution >= 4 is 22.5 Å². The van der Waals surface area contributed by atoms with Crippen LogP contribution in [0.2, 0.25) is 5.28 Å². The molecule has 78 valence electrons. The molecular weight excluding hydrogens is 212 g/mol. The highest BCUT2D eigenvalue weighted by atomic mass is 35.5. The molecule has 0 saturated heterocycles. The van der Waals surface area contributed by atoms with Gasteiger partial charge in [-0.2, -0.15) is 0 Å². The van der Waals surface area contributed by atoms with Gasteiger partial charge in [0.15, 0.2) is 0 Å². The maximum absolute atomic E-state index is 5.70. The average Bonchev–Trinajstić information content (AvgIpc) is 2.26. The molecule has 3 nitrogen and oxygen atoms in total. The molecule has 0 aliphatic rings. The van der Waals surface area contributed by atoms with Crippen LogP contribution in [0.5, 0.6) is 0 Å². The lowest BCUT2D eigenvalue weighted by atomic mass is 10.1. The number of methoxy groups -OCH3 is 1. The topological polar surface area (TPSA) is 35.0 Å². The first kappa shape index (κ1) is 10.3. The number of benzene rings is 1. The monoisotopic (exact) mass is 222 g/mol. The summed E-state index contributed by atoms with van der Waals surface area (Å²) in [5, 5.41) is 1.29. The van der Waals surface area contributed by atoms with Gasteiger partial charge in [-0.3, -0.25) is 0 Å². The van der Waals surface area contributed by atoms with E-state index in [4.69, 9.17) is 16.3 Å². The van der Waals surface area contributed by atoms with Gasteiger partial charge in [0.2, 0.25) is 5.28 Å². The molecule has 0 spiro atoms. The fraction of sp³-hybridized carbons (Fsp3) is 0.273. The van der Waals surface area contributed by atoms with Gasteiger partial charge < -0.3 is 4.74 Å². The molecule has 15 heavy (non-hydrogen) atoms. The minimum absolute atomic E-state index is 0.284. The Kier molecular flexibility index (Phi) is 3.14. The Morgan fingerprint density at radius 2 is 2.27 bits per heavy atom. The highest BCUT2D eigenvalue weighted by Gasteiger charge is 1.99. The zero-order valence-electron chi connectivity index (χ0n) is 8.40. The molecule has 0 N–H and O–H groups in total. The first-order valence-corrected chi connectivity index (χ1v) is 5.07. The lowest BCUT2D eigenvalue weighted by Crippen LogP contribution is -1.94. The first-order chi connectivity index (χ1) is 7.29. The number of nitrogens with zero attached hydrogens (tertiary/aromatic N) is 2. The van der Waals surface area contributed by atoms with Gasteiger partial charge in [0.1, 0.15) is 0 Å². The van der Waals surface area contributed by atoms with Crippen molar-refractivity contribution in [2.75, 3.05) is 13.7 Å². The summed E-state index contributed by atoms with van der Waals surface area (Å²) in [7, 11) is 1.70. The van der Waals surface area contributed by atoms with E-state index in [2.05, 4.69) is 16.0 Å². The fourth-order valence-corrected chi connectivity index (χ4v) is 1.58. The number of hydrogen-bond acceptors (Lipinski definition) is 3. The molecule has 0 fully saturated rings. The summed E-state index contributed by atoms with van der Waals surface area (Å²) in [6.07, 6.45) is 2.63. The van der Waals surface area contributed by atoms with Gasteiger partial charge in [-0.25, -0.2) is 9.97 Å². The minimum Gasteiger partial charge on any atom is -0.384 e. The molecule has 4 heteroatoms. The quantitative estimate of drug-likeness (QED) is 0.749. The number of aromatic nitrogens is 2. The van der Waals surface area contributed by atoms with E-state index in [0.717, 1.165) is 23.9 Å². The molecule has 0 saturated carbocycles. The van der Waals surface area contributed by atoms with Gasteiger partial charge >= 0.3 is 0 Å². The summed E-state index contributed by atoms with van der Waals surface area (Å²) in [5.41, 5.74) is 2.09. The standard InChI is InChI=1S/C11H11ClN2O/c1-15-5-4-8-2-3-10-9(6-8)7-13-11(12)14-10/h2-3,6-7H,4-5H2,1H3. The summed E-state index contributed by atoms with van der Waals surface area (Å²) in [5.74, 6) is 0.